The minimum atomic E-state index is -6.09. The summed E-state index contributed by atoms with van der Waals surface area (Å²) in [5, 5.41) is 0. The number of nitrogens with zero attached hydrogens (tertiary/aromatic N) is 1. The molecular formula is C8H7F6NO3S. The van der Waals surface area contributed by atoms with Crippen LogP contribution in [0.2, 0.25) is 0 Å². The first-order valence-corrected chi connectivity index (χ1v) is 5.87. The Morgan fingerprint density at radius 2 is 1.47 bits per heavy atom. The summed E-state index contributed by atoms with van der Waals surface area (Å²) in [6.07, 6.45) is 0. The number of hydrogen-bond acceptors (Lipinski definition) is 3. The van der Waals surface area contributed by atoms with Crippen molar-refractivity contribution in [3.05, 3.63) is 29.8 Å². The quantitative estimate of drug-likeness (QED) is 0.259. The van der Waals surface area contributed by atoms with Crippen molar-refractivity contribution in [2.24, 2.45) is 0 Å². The molecule has 0 spiro atoms. The summed E-state index contributed by atoms with van der Waals surface area (Å²) in [6, 6.07) is 1.29. The van der Waals surface area contributed by atoms with E-state index in [0.717, 1.165) is 4.57 Å². The zero-order chi connectivity index (χ0) is 15.4. The van der Waals surface area contributed by atoms with Gasteiger partial charge in [0.05, 0.1) is 12.1 Å². The van der Waals surface area contributed by atoms with Crippen LogP contribution in [0.25, 0.3) is 0 Å². The Hall–Kier alpha value is -1.36. The van der Waals surface area contributed by atoms with E-state index >= 15 is 0 Å². The summed E-state index contributed by atoms with van der Waals surface area (Å²) in [5.74, 6) is -2.69. The molecule has 110 valence electrons. The zero-order valence-electron chi connectivity index (χ0n) is 9.21. The van der Waals surface area contributed by atoms with Crippen molar-refractivity contribution in [2.75, 3.05) is 0 Å². The number of aromatic nitrogens is 1. The van der Waals surface area contributed by atoms with Crippen molar-refractivity contribution >= 4 is 10.1 Å². The summed E-state index contributed by atoms with van der Waals surface area (Å²) < 4.78 is 97.1. The van der Waals surface area contributed by atoms with Crippen LogP contribution in [0.3, 0.4) is 0 Å². The van der Waals surface area contributed by atoms with Gasteiger partial charge in [-0.2, -0.15) is 13.2 Å². The summed E-state index contributed by atoms with van der Waals surface area (Å²) in [7, 11) is -6.09. The molecule has 0 aliphatic heterocycles. The van der Waals surface area contributed by atoms with Crippen LogP contribution in [0.4, 0.5) is 26.3 Å². The van der Waals surface area contributed by atoms with Crippen LogP contribution in [0.1, 0.15) is 6.92 Å². The topological polar surface area (TPSA) is 61.1 Å². The highest BCUT2D eigenvalue weighted by molar-refractivity contribution is 7.86. The lowest BCUT2D eigenvalue weighted by molar-refractivity contribution is -0.747. The third kappa shape index (κ3) is 5.42. The van der Waals surface area contributed by atoms with E-state index in [1.54, 1.807) is 6.92 Å². The van der Waals surface area contributed by atoms with E-state index in [-0.39, 0.29) is 6.54 Å². The number of rotatable bonds is 1. The Bertz CT molecular complexity index is 519. The number of pyridine rings is 1. The van der Waals surface area contributed by atoms with E-state index in [1.807, 2.05) is 0 Å². The van der Waals surface area contributed by atoms with Gasteiger partial charge in [-0.05, 0) is 6.92 Å². The van der Waals surface area contributed by atoms with Crippen molar-refractivity contribution in [3.8, 4) is 0 Å². The molecule has 1 rings (SSSR count). The lowest BCUT2D eigenvalue weighted by Gasteiger charge is -2.08. The van der Waals surface area contributed by atoms with Gasteiger partial charge in [-0.3, -0.25) is 0 Å². The second kappa shape index (κ2) is 6.19. The highest BCUT2D eigenvalue weighted by Gasteiger charge is 2.36. The normalized spacial score (nSPS) is 11.8. The molecule has 0 amide bonds. The van der Waals surface area contributed by atoms with Gasteiger partial charge in [0.25, 0.3) is 0 Å². The zero-order valence-corrected chi connectivity index (χ0v) is 10.0. The second-order valence-corrected chi connectivity index (χ2v) is 4.33. The van der Waals surface area contributed by atoms with Gasteiger partial charge in [0, 0.05) is 0 Å². The van der Waals surface area contributed by atoms with E-state index in [2.05, 4.69) is 0 Å². The summed E-state index contributed by atoms with van der Waals surface area (Å²) in [6.45, 7) is 1.72. The molecule has 0 aliphatic rings. The Morgan fingerprint density at radius 3 is 1.68 bits per heavy atom. The highest BCUT2D eigenvalue weighted by atomic mass is 32.2. The number of halogens is 6. The molecule has 0 atom stereocenters. The van der Waals surface area contributed by atoms with Crippen LogP contribution in [0.15, 0.2) is 12.1 Å². The highest BCUT2D eigenvalue weighted by Crippen LogP contribution is 2.20. The van der Waals surface area contributed by atoms with Crippen LogP contribution < -0.4 is 4.57 Å². The Kier molecular flexibility index (Phi) is 5.75. The van der Waals surface area contributed by atoms with Gasteiger partial charge in [0.1, 0.15) is 5.82 Å². The van der Waals surface area contributed by atoms with Crippen molar-refractivity contribution in [3.63, 3.8) is 0 Å². The SMILES string of the molecule is CC[n+]1c(F)cc(F)cc1F.O=S(=O)([O-])C(F)(F)F. The number of alkyl halides is 3. The van der Waals surface area contributed by atoms with Gasteiger partial charge in [-0.15, -0.1) is 13.3 Å². The van der Waals surface area contributed by atoms with Gasteiger partial charge < -0.3 is 4.55 Å². The molecule has 1 aromatic rings. The smallest absolute Gasteiger partial charge is 0.485 e. The third-order valence-electron chi connectivity index (χ3n) is 1.63. The summed E-state index contributed by atoms with van der Waals surface area (Å²) in [5.41, 5.74) is -5.65. The van der Waals surface area contributed by atoms with E-state index in [0.29, 0.717) is 12.1 Å². The molecule has 4 nitrogen and oxygen atoms in total. The first-order chi connectivity index (χ1) is 8.40. The average Bonchev–Trinajstić information content (AvgIpc) is 2.13. The van der Waals surface area contributed by atoms with Crippen LogP contribution in [-0.2, 0) is 16.7 Å². The second-order valence-electron chi connectivity index (χ2n) is 2.96. The van der Waals surface area contributed by atoms with E-state index in [4.69, 9.17) is 13.0 Å². The third-order valence-corrected chi connectivity index (χ3v) is 2.20. The van der Waals surface area contributed by atoms with Crippen molar-refractivity contribution in [2.45, 2.75) is 19.0 Å². The van der Waals surface area contributed by atoms with Crippen molar-refractivity contribution in [1.29, 1.82) is 0 Å². The predicted octanol–water partition coefficient (Wildman–Crippen LogP) is 1.46. The molecule has 0 aliphatic carbocycles. The molecule has 0 radical (unpaired) electrons. The van der Waals surface area contributed by atoms with Crippen LogP contribution in [-0.4, -0.2) is 18.5 Å². The molecule has 0 saturated heterocycles. The van der Waals surface area contributed by atoms with E-state index in [1.165, 1.54) is 0 Å². The molecule has 0 aromatic carbocycles. The molecule has 0 saturated carbocycles. The largest absolute Gasteiger partial charge is 0.741 e. The fourth-order valence-electron chi connectivity index (χ4n) is 0.829. The molecular weight excluding hydrogens is 304 g/mol. The minimum absolute atomic E-state index is 0.151. The van der Waals surface area contributed by atoms with Gasteiger partial charge in [0.2, 0.25) is 0 Å². The Balaban J connectivity index is 0.000000362. The summed E-state index contributed by atoms with van der Waals surface area (Å²) >= 11 is 0. The molecule has 1 heterocycles. The van der Waals surface area contributed by atoms with Crippen molar-refractivity contribution in [1.82, 2.24) is 0 Å². The van der Waals surface area contributed by atoms with Gasteiger partial charge >= 0.3 is 17.4 Å². The van der Waals surface area contributed by atoms with E-state index < -0.39 is 33.3 Å². The lowest BCUT2D eigenvalue weighted by Crippen LogP contribution is -2.41. The van der Waals surface area contributed by atoms with Crippen LogP contribution in [0, 0.1) is 17.7 Å². The van der Waals surface area contributed by atoms with Gasteiger partial charge in [-0.1, -0.05) is 0 Å². The maximum Gasteiger partial charge on any atom is 0.485 e. The maximum absolute atomic E-state index is 12.6. The molecule has 19 heavy (non-hydrogen) atoms. The van der Waals surface area contributed by atoms with Crippen LogP contribution in [0.5, 0.6) is 0 Å². The fraction of sp³-hybridized carbons (Fsp3) is 0.375. The van der Waals surface area contributed by atoms with Crippen LogP contribution >= 0.6 is 0 Å². The first kappa shape index (κ1) is 17.6. The number of hydrogen-bond donors (Lipinski definition) is 0. The maximum atomic E-state index is 12.6. The average molecular weight is 311 g/mol. The standard InChI is InChI=1S/C7H7F3N.CHF3O3S/c1-2-11-6(9)3-5(8)4-7(11)10;2-1(3,4)8(5,6)7/h3-4H,2H2,1H3;(H,5,6,7)/q+1;/p-1. The predicted molar refractivity (Wildman–Crippen MR) is 47.9 cm³/mol. The molecule has 1 aromatic heterocycles. The first-order valence-electron chi connectivity index (χ1n) is 4.46. The molecule has 0 bridgehead atoms. The summed E-state index contributed by atoms with van der Waals surface area (Å²) in [4.78, 5) is 0. The molecule has 0 fully saturated rings. The fourth-order valence-corrected chi connectivity index (χ4v) is 0.829. The Morgan fingerprint density at radius 1 is 1.16 bits per heavy atom. The monoisotopic (exact) mass is 311 g/mol. The van der Waals surface area contributed by atoms with Gasteiger partial charge in [-0.25, -0.2) is 12.8 Å². The van der Waals surface area contributed by atoms with Crippen molar-refractivity contribution < 1.29 is 43.9 Å². The lowest BCUT2D eigenvalue weighted by atomic mass is 10.4. The Labute approximate surface area is 104 Å². The minimum Gasteiger partial charge on any atom is -0.741 e. The molecule has 0 N–H and O–H groups in total. The van der Waals surface area contributed by atoms with Gasteiger partial charge in [0.15, 0.2) is 16.7 Å². The molecule has 11 heteroatoms. The molecule has 0 unspecified atom stereocenters. The van der Waals surface area contributed by atoms with E-state index in [9.17, 15) is 26.3 Å².